The Morgan fingerprint density at radius 2 is 1.69 bits per heavy atom. The molecule has 1 aromatic heterocycles. The van der Waals surface area contributed by atoms with E-state index in [2.05, 4.69) is 15.5 Å². The van der Waals surface area contributed by atoms with Gasteiger partial charge in [-0.15, -0.1) is 0 Å². The Morgan fingerprint density at radius 1 is 1.00 bits per heavy atom. The largest absolute Gasteiger partial charge is 0.416 e. The van der Waals surface area contributed by atoms with Gasteiger partial charge in [-0.05, 0) is 29.3 Å². The summed E-state index contributed by atoms with van der Waals surface area (Å²) < 4.78 is 52.8. The topological polar surface area (TPSA) is 40.7 Å². The van der Waals surface area contributed by atoms with E-state index in [0.717, 1.165) is 17.7 Å². The molecule has 3 aromatic carbocycles. The van der Waals surface area contributed by atoms with Gasteiger partial charge < -0.3 is 5.32 Å². The van der Waals surface area contributed by atoms with E-state index in [-0.39, 0.29) is 17.1 Å². The zero-order valence-electron chi connectivity index (χ0n) is 14.8. The van der Waals surface area contributed by atoms with Crippen molar-refractivity contribution in [3.05, 3.63) is 82.6 Å². The number of benzene rings is 3. The van der Waals surface area contributed by atoms with Gasteiger partial charge in [-0.1, -0.05) is 54.1 Å². The number of nitrogens with one attached hydrogen (secondary N) is 2. The second-order valence-electron chi connectivity index (χ2n) is 6.46. The molecule has 4 rings (SSSR count). The van der Waals surface area contributed by atoms with Crippen molar-refractivity contribution in [2.24, 2.45) is 0 Å². The maximum Gasteiger partial charge on any atom is 0.416 e. The molecule has 29 heavy (non-hydrogen) atoms. The first-order valence-electron chi connectivity index (χ1n) is 8.66. The molecule has 0 saturated heterocycles. The van der Waals surface area contributed by atoms with Crippen LogP contribution in [0.15, 0.2) is 60.7 Å². The molecule has 0 spiro atoms. The molecule has 0 aliphatic rings. The molecule has 0 atom stereocenters. The molecule has 1 heterocycles. The highest BCUT2D eigenvalue weighted by molar-refractivity contribution is 6.34. The van der Waals surface area contributed by atoms with E-state index < -0.39 is 17.6 Å². The first kappa shape index (κ1) is 19.3. The van der Waals surface area contributed by atoms with Crippen molar-refractivity contribution in [3.63, 3.8) is 0 Å². The average molecular weight is 420 g/mol. The lowest BCUT2D eigenvalue weighted by Gasteiger charge is -2.09. The maximum absolute atomic E-state index is 14.7. The monoisotopic (exact) mass is 419 g/mol. The number of hydrogen-bond acceptors (Lipinski definition) is 2. The maximum atomic E-state index is 14.7. The first-order chi connectivity index (χ1) is 13.8. The van der Waals surface area contributed by atoms with E-state index in [1.165, 1.54) is 12.1 Å². The normalized spacial score (nSPS) is 11.8. The van der Waals surface area contributed by atoms with Crippen molar-refractivity contribution >= 4 is 28.3 Å². The van der Waals surface area contributed by atoms with Gasteiger partial charge in [0.25, 0.3) is 0 Å². The standard InChI is InChI=1S/C21H14ClF4N3/c22-17-15(13-4-2-1-3-5-13)10-16-19(18(17)23)28-29-20(16)27-11-12-6-8-14(9-7-12)21(24,25)26/h1-10H,11H2,(H2,27,28,29). The molecular formula is C21H14ClF4N3. The lowest BCUT2D eigenvalue weighted by molar-refractivity contribution is -0.137. The lowest BCUT2D eigenvalue weighted by atomic mass is 10.0. The summed E-state index contributed by atoms with van der Waals surface area (Å²) in [5.74, 6) is -0.231. The molecule has 0 saturated carbocycles. The molecule has 0 amide bonds. The Labute approximate surface area is 168 Å². The van der Waals surface area contributed by atoms with Crippen LogP contribution in [0, 0.1) is 5.82 Å². The second kappa shape index (κ2) is 7.40. The fourth-order valence-electron chi connectivity index (χ4n) is 3.05. The first-order valence-corrected chi connectivity index (χ1v) is 9.04. The molecule has 0 radical (unpaired) electrons. The molecule has 4 aromatic rings. The van der Waals surface area contributed by atoms with Crippen LogP contribution in [0.5, 0.6) is 0 Å². The Bertz CT molecular complexity index is 1150. The minimum Gasteiger partial charge on any atom is -0.364 e. The van der Waals surface area contributed by atoms with Gasteiger partial charge in [0.05, 0.1) is 10.6 Å². The van der Waals surface area contributed by atoms with Crippen LogP contribution in [0.2, 0.25) is 5.02 Å². The van der Waals surface area contributed by atoms with E-state index in [0.29, 0.717) is 22.3 Å². The number of hydrogen-bond donors (Lipinski definition) is 2. The third-order valence-corrected chi connectivity index (χ3v) is 4.94. The summed E-state index contributed by atoms with van der Waals surface area (Å²) in [4.78, 5) is 0. The summed E-state index contributed by atoms with van der Waals surface area (Å²) in [6.07, 6.45) is -4.38. The second-order valence-corrected chi connectivity index (χ2v) is 6.84. The molecule has 2 N–H and O–H groups in total. The fraction of sp³-hybridized carbons (Fsp3) is 0.0952. The molecule has 0 fully saturated rings. The summed E-state index contributed by atoms with van der Waals surface area (Å²) in [6.45, 7) is 0.225. The van der Waals surface area contributed by atoms with Crippen molar-refractivity contribution < 1.29 is 17.6 Å². The highest BCUT2D eigenvalue weighted by Crippen LogP contribution is 2.37. The molecule has 148 valence electrons. The number of aromatic amines is 1. The third kappa shape index (κ3) is 3.78. The van der Waals surface area contributed by atoms with Crippen LogP contribution >= 0.6 is 11.6 Å². The summed E-state index contributed by atoms with van der Waals surface area (Å²) in [5.41, 5.74) is 1.36. The zero-order chi connectivity index (χ0) is 20.6. The molecular weight excluding hydrogens is 406 g/mol. The molecule has 0 unspecified atom stereocenters. The summed E-state index contributed by atoms with van der Waals surface area (Å²) in [5, 5.41) is 10.2. The van der Waals surface area contributed by atoms with Crippen molar-refractivity contribution in [2.75, 3.05) is 5.32 Å². The van der Waals surface area contributed by atoms with Crippen molar-refractivity contribution in [1.29, 1.82) is 0 Å². The number of alkyl halides is 3. The predicted molar refractivity (Wildman–Crippen MR) is 105 cm³/mol. The molecule has 3 nitrogen and oxygen atoms in total. The van der Waals surface area contributed by atoms with E-state index in [9.17, 15) is 17.6 Å². The summed E-state index contributed by atoms with van der Waals surface area (Å²) >= 11 is 6.21. The highest BCUT2D eigenvalue weighted by atomic mass is 35.5. The van der Waals surface area contributed by atoms with E-state index in [1.807, 2.05) is 30.3 Å². The van der Waals surface area contributed by atoms with E-state index in [4.69, 9.17) is 11.6 Å². The lowest BCUT2D eigenvalue weighted by Crippen LogP contribution is -2.05. The van der Waals surface area contributed by atoms with Gasteiger partial charge in [0.15, 0.2) is 11.6 Å². The number of aromatic nitrogens is 2. The Kier molecular flexibility index (Phi) is 4.92. The Morgan fingerprint density at radius 3 is 2.34 bits per heavy atom. The minimum absolute atomic E-state index is 0.0124. The van der Waals surface area contributed by atoms with Crippen LogP contribution in [-0.2, 0) is 12.7 Å². The van der Waals surface area contributed by atoms with E-state index >= 15 is 0 Å². The van der Waals surface area contributed by atoms with Crippen LogP contribution in [0.3, 0.4) is 0 Å². The van der Waals surface area contributed by atoms with Crippen molar-refractivity contribution in [1.82, 2.24) is 10.2 Å². The highest BCUT2D eigenvalue weighted by Gasteiger charge is 2.29. The van der Waals surface area contributed by atoms with Gasteiger partial charge in [-0.25, -0.2) is 4.39 Å². The number of anilines is 1. The number of H-pyrrole nitrogens is 1. The molecule has 0 aliphatic carbocycles. The summed E-state index contributed by atoms with van der Waals surface area (Å²) in [7, 11) is 0. The Balaban J connectivity index is 1.64. The van der Waals surface area contributed by atoms with Crippen LogP contribution in [0.25, 0.3) is 22.0 Å². The van der Waals surface area contributed by atoms with Crippen LogP contribution < -0.4 is 5.32 Å². The fourth-order valence-corrected chi connectivity index (χ4v) is 3.31. The number of rotatable bonds is 4. The van der Waals surface area contributed by atoms with Gasteiger partial charge in [0.1, 0.15) is 5.52 Å². The van der Waals surface area contributed by atoms with Gasteiger partial charge >= 0.3 is 6.18 Å². The van der Waals surface area contributed by atoms with Crippen molar-refractivity contribution in [2.45, 2.75) is 12.7 Å². The minimum atomic E-state index is -4.38. The van der Waals surface area contributed by atoms with Crippen molar-refractivity contribution in [3.8, 4) is 11.1 Å². The van der Waals surface area contributed by atoms with Gasteiger partial charge in [0, 0.05) is 17.5 Å². The smallest absolute Gasteiger partial charge is 0.364 e. The van der Waals surface area contributed by atoms with Gasteiger partial charge in [-0.2, -0.15) is 18.3 Å². The van der Waals surface area contributed by atoms with Crippen LogP contribution in [0.1, 0.15) is 11.1 Å². The summed E-state index contributed by atoms with van der Waals surface area (Å²) in [6, 6.07) is 15.7. The average Bonchev–Trinajstić information content (AvgIpc) is 3.12. The van der Waals surface area contributed by atoms with Crippen LogP contribution in [0.4, 0.5) is 23.4 Å². The molecule has 0 bridgehead atoms. The zero-order valence-corrected chi connectivity index (χ0v) is 15.6. The van der Waals surface area contributed by atoms with Gasteiger partial charge in [-0.3, -0.25) is 5.10 Å². The SMILES string of the molecule is Fc1c(Cl)c(-c2ccccc2)cc2c(NCc3ccc(C(F)(F)F)cc3)n[nH]c12. The van der Waals surface area contributed by atoms with Gasteiger partial charge in [0.2, 0.25) is 0 Å². The van der Waals surface area contributed by atoms with Crippen LogP contribution in [-0.4, -0.2) is 10.2 Å². The number of halogens is 5. The predicted octanol–water partition coefficient (Wildman–Crippen LogP) is 6.65. The van der Waals surface area contributed by atoms with E-state index in [1.54, 1.807) is 6.07 Å². The molecule has 0 aliphatic heterocycles. The third-order valence-electron chi connectivity index (χ3n) is 4.57. The molecule has 8 heteroatoms. The number of fused-ring (bicyclic) bond motifs is 1. The quantitative estimate of drug-likeness (QED) is 0.363. The Hall–Kier alpha value is -3.06. The number of nitrogens with zero attached hydrogens (tertiary/aromatic N) is 1.